The van der Waals surface area contributed by atoms with Crippen molar-refractivity contribution in [1.29, 1.82) is 0 Å². The summed E-state index contributed by atoms with van der Waals surface area (Å²) in [6, 6.07) is 9.78. The van der Waals surface area contributed by atoms with E-state index < -0.39 is 28.2 Å². The Morgan fingerprint density at radius 1 is 1.15 bits per heavy atom. The van der Waals surface area contributed by atoms with Crippen LogP contribution < -0.4 is 4.72 Å². The van der Waals surface area contributed by atoms with Gasteiger partial charge >= 0.3 is 0 Å². The molecule has 1 aromatic heterocycles. The molecule has 0 unspecified atom stereocenters. The van der Waals surface area contributed by atoms with Crippen LogP contribution in [-0.4, -0.2) is 25.7 Å². The summed E-state index contributed by atoms with van der Waals surface area (Å²) in [5, 5.41) is -0.193. The van der Waals surface area contributed by atoms with Crippen LogP contribution in [0.3, 0.4) is 0 Å². The molecule has 1 aromatic carbocycles. The minimum Gasteiger partial charge on any atom is -0.293 e. The molecule has 0 aliphatic carbocycles. The molecule has 0 atom stereocenters. The van der Waals surface area contributed by atoms with Crippen LogP contribution in [0.5, 0.6) is 0 Å². The highest BCUT2D eigenvalue weighted by Crippen LogP contribution is 2.08. The van der Waals surface area contributed by atoms with Crippen molar-refractivity contribution >= 4 is 15.8 Å². The van der Waals surface area contributed by atoms with E-state index in [1.54, 1.807) is 6.07 Å². The number of aromatic nitrogens is 1. The Hall–Kier alpha value is -2.12. The van der Waals surface area contributed by atoms with Crippen molar-refractivity contribution in [3.8, 4) is 0 Å². The molecule has 2 rings (SSSR count). The van der Waals surface area contributed by atoms with Crippen molar-refractivity contribution in [1.82, 2.24) is 9.71 Å². The number of carbonyl (C=O) groups is 1. The minimum absolute atomic E-state index is 0.156. The lowest BCUT2D eigenvalue weighted by molar-refractivity contribution is 0.0993. The van der Waals surface area contributed by atoms with Gasteiger partial charge in [-0.3, -0.25) is 4.79 Å². The van der Waals surface area contributed by atoms with Crippen molar-refractivity contribution in [2.75, 3.05) is 6.54 Å². The molecule has 0 fully saturated rings. The van der Waals surface area contributed by atoms with Gasteiger partial charge in [-0.2, -0.15) is 0 Å². The molecule has 7 heteroatoms. The molecule has 0 radical (unpaired) electrons. The Morgan fingerprint density at radius 3 is 2.50 bits per heavy atom. The molecular formula is C13H11FN2O3S. The van der Waals surface area contributed by atoms with Gasteiger partial charge < -0.3 is 0 Å². The Kier molecular flexibility index (Phi) is 4.21. The van der Waals surface area contributed by atoms with Crippen LogP contribution >= 0.6 is 0 Å². The zero-order chi connectivity index (χ0) is 14.6. The normalized spacial score (nSPS) is 11.2. The largest absolute Gasteiger partial charge is 0.293 e. The molecule has 104 valence electrons. The van der Waals surface area contributed by atoms with E-state index >= 15 is 0 Å². The minimum atomic E-state index is -3.88. The SMILES string of the molecule is O=C(CNS(=O)(=O)c1ccccn1)c1ccccc1F. The summed E-state index contributed by atoms with van der Waals surface area (Å²) in [5.41, 5.74) is -0.156. The second kappa shape index (κ2) is 5.89. The average molecular weight is 294 g/mol. The van der Waals surface area contributed by atoms with Crippen molar-refractivity contribution < 1.29 is 17.6 Å². The monoisotopic (exact) mass is 294 g/mol. The first-order valence-electron chi connectivity index (χ1n) is 5.69. The fourth-order valence-corrected chi connectivity index (χ4v) is 2.45. The summed E-state index contributed by atoms with van der Waals surface area (Å²) in [7, 11) is -3.88. The maximum absolute atomic E-state index is 13.4. The maximum Gasteiger partial charge on any atom is 0.258 e. The fraction of sp³-hybridized carbons (Fsp3) is 0.0769. The topological polar surface area (TPSA) is 76.1 Å². The zero-order valence-electron chi connectivity index (χ0n) is 10.3. The smallest absolute Gasteiger partial charge is 0.258 e. The van der Waals surface area contributed by atoms with Gasteiger partial charge in [-0.1, -0.05) is 18.2 Å². The lowest BCUT2D eigenvalue weighted by atomic mass is 10.1. The summed E-state index contributed by atoms with van der Waals surface area (Å²) in [6.45, 7) is -0.528. The molecule has 0 saturated carbocycles. The number of halogens is 1. The molecule has 2 aromatic rings. The van der Waals surface area contributed by atoms with Crippen LogP contribution in [0, 0.1) is 5.82 Å². The van der Waals surface area contributed by atoms with Gasteiger partial charge in [0.25, 0.3) is 10.0 Å². The maximum atomic E-state index is 13.4. The van der Waals surface area contributed by atoms with Gasteiger partial charge in [-0.15, -0.1) is 0 Å². The first kappa shape index (κ1) is 14.3. The van der Waals surface area contributed by atoms with E-state index in [4.69, 9.17) is 0 Å². The van der Waals surface area contributed by atoms with E-state index in [1.165, 1.54) is 36.5 Å². The predicted molar refractivity (Wildman–Crippen MR) is 70.2 cm³/mol. The lowest BCUT2D eigenvalue weighted by Gasteiger charge is -2.05. The van der Waals surface area contributed by atoms with Gasteiger partial charge in [0.1, 0.15) is 5.82 Å². The van der Waals surface area contributed by atoms with Crippen molar-refractivity contribution in [3.05, 3.63) is 60.0 Å². The van der Waals surface area contributed by atoms with Crippen LogP contribution in [-0.2, 0) is 10.0 Å². The predicted octanol–water partition coefficient (Wildman–Crippen LogP) is 1.38. The van der Waals surface area contributed by atoms with E-state index in [9.17, 15) is 17.6 Å². The number of carbonyl (C=O) groups excluding carboxylic acids is 1. The van der Waals surface area contributed by atoms with Crippen molar-refractivity contribution in [2.24, 2.45) is 0 Å². The molecule has 1 heterocycles. The van der Waals surface area contributed by atoms with Gasteiger partial charge in [0.15, 0.2) is 10.8 Å². The number of pyridine rings is 1. The van der Waals surface area contributed by atoms with Crippen LogP contribution in [0.2, 0.25) is 0 Å². The number of hydrogen-bond acceptors (Lipinski definition) is 4. The number of Topliss-reactive ketones (excluding diaryl/α,β-unsaturated/α-hetero) is 1. The highest BCUT2D eigenvalue weighted by molar-refractivity contribution is 7.89. The number of sulfonamides is 1. The number of rotatable bonds is 5. The zero-order valence-corrected chi connectivity index (χ0v) is 11.1. The van der Waals surface area contributed by atoms with Gasteiger partial charge in [0.2, 0.25) is 0 Å². The molecule has 0 spiro atoms. The number of ketones is 1. The van der Waals surface area contributed by atoms with Crippen LogP contribution in [0.25, 0.3) is 0 Å². The van der Waals surface area contributed by atoms with Gasteiger partial charge in [-0.05, 0) is 24.3 Å². The number of hydrogen-bond donors (Lipinski definition) is 1. The number of nitrogens with one attached hydrogen (secondary N) is 1. The van der Waals surface area contributed by atoms with Gasteiger partial charge in [0.05, 0.1) is 12.1 Å². The number of benzene rings is 1. The molecule has 0 bridgehead atoms. The Morgan fingerprint density at radius 2 is 1.85 bits per heavy atom. The Balaban J connectivity index is 2.10. The molecule has 0 aliphatic heterocycles. The van der Waals surface area contributed by atoms with Crippen molar-refractivity contribution in [2.45, 2.75) is 5.03 Å². The summed E-state index contributed by atoms with van der Waals surface area (Å²) in [6.07, 6.45) is 1.33. The molecule has 20 heavy (non-hydrogen) atoms. The molecular weight excluding hydrogens is 283 g/mol. The molecule has 0 amide bonds. The van der Waals surface area contributed by atoms with Crippen molar-refractivity contribution in [3.63, 3.8) is 0 Å². The molecule has 0 saturated heterocycles. The molecule has 0 aliphatic rings. The quantitative estimate of drug-likeness (QED) is 0.845. The van der Waals surface area contributed by atoms with E-state index in [2.05, 4.69) is 9.71 Å². The third-order valence-electron chi connectivity index (χ3n) is 2.51. The Labute approximate surface area is 115 Å². The van der Waals surface area contributed by atoms with Gasteiger partial charge in [0, 0.05) is 6.20 Å². The summed E-state index contributed by atoms with van der Waals surface area (Å²) in [4.78, 5) is 15.4. The van der Waals surface area contributed by atoms with Gasteiger partial charge in [-0.25, -0.2) is 22.5 Å². The highest BCUT2D eigenvalue weighted by Gasteiger charge is 2.18. The third-order valence-corrected chi connectivity index (χ3v) is 3.83. The van der Waals surface area contributed by atoms with E-state index in [0.29, 0.717) is 0 Å². The van der Waals surface area contributed by atoms with Crippen LogP contribution in [0.15, 0.2) is 53.7 Å². The Bertz CT molecular complexity index is 717. The van der Waals surface area contributed by atoms with E-state index in [1.807, 2.05) is 0 Å². The second-order valence-electron chi connectivity index (χ2n) is 3.90. The van der Waals surface area contributed by atoms with Crippen LogP contribution in [0.1, 0.15) is 10.4 Å². The summed E-state index contributed by atoms with van der Waals surface area (Å²) < 4.78 is 39.1. The summed E-state index contributed by atoms with van der Waals surface area (Å²) >= 11 is 0. The molecule has 5 nitrogen and oxygen atoms in total. The first-order chi connectivity index (χ1) is 9.50. The third kappa shape index (κ3) is 3.25. The first-order valence-corrected chi connectivity index (χ1v) is 7.17. The van der Waals surface area contributed by atoms with E-state index in [0.717, 1.165) is 6.07 Å². The standard InChI is InChI=1S/C13H11FN2O3S/c14-11-6-2-1-5-10(11)12(17)9-16-20(18,19)13-7-3-4-8-15-13/h1-8,16H,9H2. The van der Waals surface area contributed by atoms with Crippen LogP contribution in [0.4, 0.5) is 4.39 Å². The van der Waals surface area contributed by atoms with E-state index in [-0.39, 0.29) is 10.6 Å². The highest BCUT2D eigenvalue weighted by atomic mass is 32.2. The fourth-order valence-electron chi connectivity index (χ4n) is 1.52. The second-order valence-corrected chi connectivity index (χ2v) is 5.61. The average Bonchev–Trinajstić information content (AvgIpc) is 2.46. The number of nitrogens with zero attached hydrogens (tertiary/aromatic N) is 1. The lowest BCUT2D eigenvalue weighted by Crippen LogP contribution is -2.30. The summed E-state index contributed by atoms with van der Waals surface area (Å²) in [5.74, 6) is -1.34. The molecule has 1 N–H and O–H groups in total.